The molecule has 38 heavy (non-hydrogen) atoms. The SMILES string of the molecule is COc1ccccc1N(CC(=O)NC(C)c1ccc(N2CCC(C)CC2)cc1)S(=O)(=O)c1ccc(C)cc1. The Hall–Kier alpha value is -3.52. The molecule has 7 nitrogen and oxygen atoms in total. The van der Waals surface area contributed by atoms with E-state index in [1.54, 1.807) is 48.5 Å². The molecule has 202 valence electrons. The number of aryl methyl sites for hydroxylation is 1. The second-order valence-corrected chi connectivity index (χ2v) is 11.9. The second kappa shape index (κ2) is 11.9. The highest BCUT2D eigenvalue weighted by Gasteiger charge is 2.29. The lowest BCUT2D eigenvalue weighted by Crippen LogP contribution is -2.41. The molecule has 3 aromatic rings. The molecule has 3 aromatic carbocycles. The topological polar surface area (TPSA) is 79.0 Å². The van der Waals surface area contributed by atoms with Gasteiger partial charge in [-0.2, -0.15) is 0 Å². The first-order chi connectivity index (χ1) is 18.2. The maximum absolute atomic E-state index is 13.7. The Labute approximate surface area is 226 Å². The van der Waals surface area contributed by atoms with Crippen molar-refractivity contribution in [1.82, 2.24) is 5.32 Å². The summed E-state index contributed by atoms with van der Waals surface area (Å²) in [7, 11) is -2.56. The summed E-state index contributed by atoms with van der Waals surface area (Å²) in [5.41, 5.74) is 3.39. The van der Waals surface area contributed by atoms with Crippen molar-refractivity contribution in [3.05, 3.63) is 83.9 Å². The minimum absolute atomic E-state index is 0.109. The third-order valence-corrected chi connectivity index (χ3v) is 8.94. The van der Waals surface area contributed by atoms with Crippen molar-refractivity contribution >= 4 is 27.3 Å². The molecule has 1 unspecified atom stereocenters. The highest BCUT2D eigenvalue weighted by Crippen LogP contribution is 2.32. The molecular formula is C30H37N3O4S. The quantitative estimate of drug-likeness (QED) is 0.402. The van der Waals surface area contributed by atoms with Gasteiger partial charge in [0.15, 0.2) is 0 Å². The first kappa shape index (κ1) is 27.5. The third kappa shape index (κ3) is 6.30. The first-order valence-electron chi connectivity index (χ1n) is 13.1. The van der Waals surface area contributed by atoms with Crippen LogP contribution in [0.4, 0.5) is 11.4 Å². The number of ether oxygens (including phenoxy) is 1. The van der Waals surface area contributed by atoms with Gasteiger partial charge in [0.05, 0.1) is 23.7 Å². The maximum atomic E-state index is 13.7. The summed E-state index contributed by atoms with van der Waals surface area (Å²) in [5, 5.41) is 2.97. The third-order valence-electron chi connectivity index (χ3n) is 7.17. The van der Waals surface area contributed by atoms with Gasteiger partial charge in [0.25, 0.3) is 10.0 Å². The zero-order valence-corrected chi connectivity index (χ0v) is 23.4. The van der Waals surface area contributed by atoms with Crippen LogP contribution in [-0.4, -0.2) is 41.1 Å². The maximum Gasteiger partial charge on any atom is 0.264 e. The molecule has 1 atom stereocenters. The Bertz CT molecular complexity index is 1330. The van der Waals surface area contributed by atoms with E-state index in [9.17, 15) is 13.2 Å². The van der Waals surface area contributed by atoms with Crippen LogP contribution in [0.2, 0.25) is 0 Å². The molecule has 0 aliphatic carbocycles. The Balaban J connectivity index is 1.52. The van der Waals surface area contributed by atoms with Gasteiger partial charge in [-0.1, -0.05) is 48.9 Å². The number of hydrogen-bond donors (Lipinski definition) is 1. The summed E-state index contributed by atoms with van der Waals surface area (Å²) in [6.07, 6.45) is 2.39. The van der Waals surface area contributed by atoms with Crippen molar-refractivity contribution in [2.45, 2.75) is 44.6 Å². The number of methoxy groups -OCH3 is 1. The van der Waals surface area contributed by atoms with Crippen molar-refractivity contribution in [3.63, 3.8) is 0 Å². The molecule has 0 aromatic heterocycles. The molecule has 0 spiro atoms. The van der Waals surface area contributed by atoms with Gasteiger partial charge in [-0.25, -0.2) is 8.42 Å². The van der Waals surface area contributed by atoms with E-state index < -0.39 is 15.9 Å². The van der Waals surface area contributed by atoms with Gasteiger partial charge < -0.3 is 15.0 Å². The molecule has 0 saturated carbocycles. The van der Waals surface area contributed by atoms with Crippen molar-refractivity contribution in [2.24, 2.45) is 5.92 Å². The average molecular weight is 536 g/mol. The molecular weight excluding hydrogens is 498 g/mol. The molecule has 1 aliphatic heterocycles. The monoisotopic (exact) mass is 535 g/mol. The molecule has 4 rings (SSSR count). The standard InChI is InChI=1S/C30H37N3O4S/c1-22-9-15-27(16-10-22)38(35,36)33(28-7-5-6-8-29(28)37-4)21-30(34)31-24(3)25-11-13-26(14-12-25)32-19-17-23(2)18-20-32/h5-16,23-24H,17-21H2,1-4H3,(H,31,34). The van der Waals surface area contributed by atoms with E-state index in [2.05, 4.69) is 29.3 Å². The predicted octanol–water partition coefficient (Wildman–Crippen LogP) is 5.31. The Morgan fingerprint density at radius 2 is 1.66 bits per heavy atom. The number of rotatable bonds is 9. The van der Waals surface area contributed by atoms with Gasteiger partial charge in [-0.15, -0.1) is 0 Å². The molecule has 0 bridgehead atoms. The summed E-state index contributed by atoms with van der Waals surface area (Å²) in [6, 6.07) is 21.3. The fraction of sp³-hybridized carbons (Fsp3) is 0.367. The van der Waals surface area contributed by atoms with E-state index in [4.69, 9.17) is 4.74 Å². The lowest BCUT2D eigenvalue weighted by atomic mass is 9.98. The second-order valence-electron chi connectivity index (χ2n) is 10.0. The van der Waals surface area contributed by atoms with Gasteiger partial charge in [-0.3, -0.25) is 9.10 Å². The number of carbonyl (C=O) groups excluding carboxylic acids is 1. The number of benzene rings is 3. The number of piperidine rings is 1. The number of anilines is 2. The molecule has 0 radical (unpaired) electrons. The average Bonchev–Trinajstić information content (AvgIpc) is 2.92. The summed E-state index contributed by atoms with van der Waals surface area (Å²) >= 11 is 0. The minimum atomic E-state index is -4.03. The van der Waals surface area contributed by atoms with E-state index >= 15 is 0 Å². The van der Waals surface area contributed by atoms with Crippen LogP contribution < -0.4 is 19.3 Å². The van der Waals surface area contributed by atoms with E-state index in [-0.39, 0.29) is 17.5 Å². The van der Waals surface area contributed by atoms with Crippen LogP contribution in [-0.2, 0) is 14.8 Å². The molecule has 1 amide bonds. The van der Waals surface area contributed by atoms with Gasteiger partial charge in [-0.05, 0) is 74.6 Å². The summed E-state index contributed by atoms with van der Waals surface area (Å²) < 4.78 is 33.9. The van der Waals surface area contributed by atoms with Crippen molar-refractivity contribution in [3.8, 4) is 5.75 Å². The molecule has 1 aliphatic rings. The van der Waals surface area contributed by atoms with Gasteiger partial charge >= 0.3 is 0 Å². The van der Waals surface area contributed by atoms with E-state index in [1.807, 2.05) is 26.0 Å². The summed E-state index contributed by atoms with van der Waals surface area (Å²) in [5.74, 6) is 0.728. The van der Waals surface area contributed by atoms with Crippen LogP contribution in [0.15, 0.2) is 77.7 Å². The van der Waals surface area contributed by atoms with E-state index in [1.165, 1.54) is 25.6 Å². The van der Waals surface area contributed by atoms with Crippen LogP contribution in [0.5, 0.6) is 5.75 Å². The number of nitrogens with zero attached hydrogens (tertiary/aromatic N) is 2. The van der Waals surface area contributed by atoms with E-state index in [0.717, 1.165) is 34.4 Å². The molecule has 1 fully saturated rings. The molecule has 1 N–H and O–H groups in total. The van der Waals surface area contributed by atoms with Crippen LogP contribution in [0.1, 0.15) is 43.9 Å². The number of para-hydroxylation sites is 2. The van der Waals surface area contributed by atoms with Crippen LogP contribution in [0, 0.1) is 12.8 Å². The summed E-state index contributed by atoms with van der Waals surface area (Å²) in [6.45, 7) is 7.82. The zero-order valence-electron chi connectivity index (χ0n) is 22.6. The minimum Gasteiger partial charge on any atom is -0.495 e. The lowest BCUT2D eigenvalue weighted by Gasteiger charge is -2.32. The fourth-order valence-corrected chi connectivity index (χ4v) is 6.15. The molecule has 1 heterocycles. The highest BCUT2D eigenvalue weighted by atomic mass is 32.2. The smallest absolute Gasteiger partial charge is 0.264 e. The summed E-state index contributed by atoms with van der Waals surface area (Å²) in [4.78, 5) is 15.7. The number of carbonyl (C=O) groups is 1. The van der Waals surface area contributed by atoms with Gasteiger partial charge in [0.1, 0.15) is 12.3 Å². The Kier molecular flexibility index (Phi) is 8.62. The van der Waals surface area contributed by atoms with Crippen molar-refractivity contribution in [1.29, 1.82) is 0 Å². The van der Waals surface area contributed by atoms with Gasteiger partial charge in [0.2, 0.25) is 5.91 Å². The molecule has 8 heteroatoms. The number of nitrogens with one attached hydrogen (secondary N) is 1. The first-order valence-corrected chi connectivity index (χ1v) is 14.5. The normalized spacial score (nSPS) is 15.1. The Morgan fingerprint density at radius 3 is 2.29 bits per heavy atom. The number of amides is 1. The Morgan fingerprint density at radius 1 is 1.03 bits per heavy atom. The van der Waals surface area contributed by atoms with Crippen LogP contribution in [0.3, 0.4) is 0 Å². The number of hydrogen-bond acceptors (Lipinski definition) is 5. The van der Waals surface area contributed by atoms with Crippen molar-refractivity contribution < 1.29 is 17.9 Å². The number of sulfonamides is 1. The van der Waals surface area contributed by atoms with Crippen LogP contribution in [0.25, 0.3) is 0 Å². The van der Waals surface area contributed by atoms with Crippen molar-refractivity contribution in [2.75, 3.05) is 35.9 Å². The van der Waals surface area contributed by atoms with Crippen LogP contribution >= 0.6 is 0 Å². The molecule has 1 saturated heterocycles. The zero-order chi connectivity index (χ0) is 27.3. The largest absolute Gasteiger partial charge is 0.495 e. The van der Waals surface area contributed by atoms with Gasteiger partial charge in [0, 0.05) is 18.8 Å². The lowest BCUT2D eigenvalue weighted by molar-refractivity contribution is -0.120. The fourth-order valence-electron chi connectivity index (χ4n) is 4.71. The predicted molar refractivity (Wildman–Crippen MR) is 152 cm³/mol. The van der Waals surface area contributed by atoms with E-state index in [0.29, 0.717) is 11.4 Å². The highest BCUT2D eigenvalue weighted by molar-refractivity contribution is 7.92.